The number of allylic oxidation sites excluding steroid dienone is 1. The number of benzene rings is 3. The zero-order chi connectivity index (χ0) is 25.9. The van der Waals surface area contributed by atoms with Gasteiger partial charge in [0, 0.05) is 5.92 Å². The largest absolute Gasteiger partial charge is 0.452 e. The molecule has 37 heavy (non-hydrogen) atoms. The van der Waals surface area contributed by atoms with Crippen molar-refractivity contribution in [2.24, 2.45) is 11.0 Å². The van der Waals surface area contributed by atoms with Gasteiger partial charge < -0.3 is 4.74 Å². The molecular weight excluding hydrogens is 498 g/mol. The number of amides is 1. The van der Waals surface area contributed by atoms with Crippen molar-refractivity contribution in [2.75, 3.05) is 6.61 Å². The minimum atomic E-state index is -0.710. The molecule has 1 fully saturated rings. The zero-order valence-corrected chi connectivity index (χ0v) is 20.5. The van der Waals surface area contributed by atoms with E-state index in [1.807, 2.05) is 6.08 Å². The van der Waals surface area contributed by atoms with E-state index >= 15 is 0 Å². The minimum Gasteiger partial charge on any atom is -0.452 e. The highest BCUT2D eigenvalue weighted by Gasteiger charge is 2.43. The summed E-state index contributed by atoms with van der Waals surface area (Å²) in [5, 5.41) is 6.27. The number of halogens is 3. The smallest absolute Gasteiger partial charge is 0.340 e. The van der Waals surface area contributed by atoms with Gasteiger partial charge in [0.15, 0.2) is 6.61 Å². The monoisotopic (exact) mass is 520 g/mol. The van der Waals surface area contributed by atoms with Crippen molar-refractivity contribution >= 4 is 35.3 Å². The van der Waals surface area contributed by atoms with Crippen molar-refractivity contribution in [3.05, 3.63) is 112 Å². The average Bonchev–Trinajstić information content (AvgIpc) is 3.30. The molecule has 0 saturated heterocycles. The second-order valence-corrected chi connectivity index (χ2v) is 9.40. The van der Waals surface area contributed by atoms with E-state index in [-0.39, 0.29) is 28.1 Å². The van der Waals surface area contributed by atoms with E-state index in [1.165, 1.54) is 35.3 Å². The van der Waals surface area contributed by atoms with Crippen molar-refractivity contribution in [3.8, 4) is 0 Å². The molecule has 1 aliphatic carbocycles. The number of hydrazone groups is 1. The quantitative estimate of drug-likeness (QED) is 0.356. The predicted molar refractivity (Wildman–Crippen MR) is 137 cm³/mol. The van der Waals surface area contributed by atoms with Crippen LogP contribution in [0.3, 0.4) is 0 Å². The third-order valence-electron chi connectivity index (χ3n) is 6.60. The van der Waals surface area contributed by atoms with Crippen molar-refractivity contribution in [1.29, 1.82) is 0 Å². The van der Waals surface area contributed by atoms with E-state index in [0.29, 0.717) is 0 Å². The molecule has 1 saturated carbocycles. The van der Waals surface area contributed by atoms with Gasteiger partial charge >= 0.3 is 5.97 Å². The number of fused-ring (bicyclic) bond motifs is 1. The van der Waals surface area contributed by atoms with Gasteiger partial charge in [-0.1, -0.05) is 48.0 Å². The third-order valence-corrected chi connectivity index (χ3v) is 6.93. The number of hydrogen-bond acceptors (Lipinski definition) is 4. The van der Waals surface area contributed by atoms with E-state index < -0.39 is 24.5 Å². The fourth-order valence-electron chi connectivity index (χ4n) is 4.86. The van der Waals surface area contributed by atoms with Crippen LogP contribution in [0.25, 0.3) is 6.08 Å². The number of hydrogen-bond donors (Lipinski definition) is 0. The summed E-state index contributed by atoms with van der Waals surface area (Å²) in [6.07, 6.45) is 4.37. The molecule has 3 aromatic carbocycles. The van der Waals surface area contributed by atoms with Crippen molar-refractivity contribution in [3.63, 3.8) is 0 Å². The van der Waals surface area contributed by atoms with Gasteiger partial charge in [0.25, 0.3) is 5.91 Å². The van der Waals surface area contributed by atoms with Gasteiger partial charge in [0.05, 0.1) is 22.3 Å². The molecule has 1 amide bonds. The second-order valence-electron chi connectivity index (χ2n) is 9.00. The maximum absolute atomic E-state index is 13.7. The zero-order valence-electron chi connectivity index (χ0n) is 19.7. The standard InChI is InChI=1S/C29H23ClF2N2O3/c30-25-7-2-1-5-23(25)29(36)37-17-26(35)34-28(19-10-14-22(32)15-11-19)24-6-3-4-20(27(24)33-34)16-18-8-12-21(31)13-9-18/h1-2,5,7-16,24,28H,3-4,6,17H2. The Morgan fingerprint density at radius 1 is 1.00 bits per heavy atom. The molecule has 0 bridgehead atoms. The predicted octanol–water partition coefficient (Wildman–Crippen LogP) is 6.60. The van der Waals surface area contributed by atoms with Crippen molar-refractivity contribution in [1.82, 2.24) is 5.01 Å². The van der Waals surface area contributed by atoms with Gasteiger partial charge in [0.2, 0.25) is 0 Å². The molecule has 8 heteroatoms. The highest BCUT2D eigenvalue weighted by Crippen LogP contribution is 2.44. The first-order chi connectivity index (χ1) is 17.9. The molecule has 5 rings (SSSR count). The van der Waals surface area contributed by atoms with Gasteiger partial charge in [-0.15, -0.1) is 0 Å². The van der Waals surface area contributed by atoms with Gasteiger partial charge in [-0.3, -0.25) is 4.79 Å². The topological polar surface area (TPSA) is 59.0 Å². The van der Waals surface area contributed by atoms with Crippen LogP contribution in [0.15, 0.2) is 83.5 Å². The summed E-state index contributed by atoms with van der Waals surface area (Å²) in [4.78, 5) is 25.8. The van der Waals surface area contributed by atoms with Crippen molar-refractivity contribution < 1.29 is 23.1 Å². The van der Waals surface area contributed by atoms with Crippen LogP contribution in [-0.4, -0.2) is 29.2 Å². The summed E-state index contributed by atoms with van der Waals surface area (Å²) >= 11 is 6.08. The average molecular weight is 521 g/mol. The number of esters is 1. The molecule has 3 aromatic rings. The first-order valence-corrected chi connectivity index (χ1v) is 12.3. The summed E-state index contributed by atoms with van der Waals surface area (Å²) in [5.74, 6) is -2.03. The molecule has 0 N–H and O–H groups in total. The first-order valence-electron chi connectivity index (χ1n) is 11.9. The van der Waals surface area contributed by atoms with E-state index in [0.717, 1.165) is 41.7 Å². The Hall–Kier alpha value is -3.84. The SMILES string of the molecule is O=C(OCC(=O)N1N=C2C(=Cc3ccc(F)cc3)CCCC2C1c1ccc(F)cc1)c1ccccc1Cl. The highest BCUT2D eigenvalue weighted by atomic mass is 35.5. The molecule has 1 heterocycles. The molecule has 2 aliphatic rings. The number of ether oxygens (including phenoxy) is 1. The van der Waals surface area contributed by atoms with E-state index in [4.69, 9.17) is 21.4 Å². The fourth-order valence-corrected chi connectivity index (χ4v) is 5.07. The summed E-state index contributed by atoms with van der Waals surface area (Å²) in [6, 6.07) is 18.1. The van der Waals surface area contributed by atoms with Crippen LogP contribution in [0.2, 0.25) is 5.02 Å². The van der Waals surface area contributed by atoms with Crippen LogP contribution in [0.1, 0.15) is 46.8 Å². The molecule has 0 radical (unpaired) electrons. The number of carbonyl (C=O) groups is 2. The molecule has 2 atom stereocenters. The molecule has 188 valence electrons. The Bertz CT molecular complexity index is 1390. The second kappa shape index (κ2) is 10.6. The summed E-state index contributed by atoms with van der Waals surface area (Å²) < 4.78 is 32.4. The van der Waals surface area contributed by atoms with Crippen LogP contribution < -0.4 is 0 Å². The molecule has 0 spiro atoms. The van der Waals surface area contributed by atoms with Crippen LogP contribution in [0.4, 0.5) is 8.78 Å². The summed E-state index contributed by atoms with van der Waals surface area (Å²) in [5.41, 5.74) is 3.45. The number of nitrogens with zero attached hydrogens (tertiary/aromatic N) is 2. The lowest BCUT2D eigenvalue weighted by atomic mass is 9.77. The molecule has 0 aromatic heterocycles. The van der Waals surface area contributed by atoms with Gasteiger partial charge in [0.1, 0.15) is 11.6 Å². The maximum Gasteiger partial charge on any atom is 0.340 e. The molecule has 1 aliphatic heterocycles. The minimum absolute atomic E-state index is 0.117. The van der Waals surface area contributed by atoms with Gasteiger partial charge in [-0.25, -0.2) is 18.6 Å². The molecular formula is C29H23ClF2N2O3. The lowest BCUT2D eigenvalue weighted by Crippen LogP contribution is -2.34. The van der Waals surface area contributed by atoms with E-state index in [2.05, 4.69) is 0 Å². The van der Waals surface area contributed by atoms with Gasteiger partial charge in [-0.2, -0.15) is 5.10 Å². The van der Waals surface area contributed by atoms with Crippen molar-refractivity contribution in [2.45, 2.75) is 25.3 Å². The Morgan fingerprint density at radius 3 is 2.38 bits per heavy atom. The van der Waals surface area contributed by atoms with Crippen LogP contribution in [-0.2, 0) is 9.53 Å². The molecule has 2 unspecified atom stereocenters. The normalized spacial score (nSPS) is 19.9. The van der Waals surface area contributed by atoms with Gasteiger partial charge in [-0.05, 0) is 78.4 Å². The first kappa shape index (κ1) is 24.8. The maximum atomic E-state index is 13.7. The summed E-state index contributed by atoms with van der Waals surface area (Å²) in [7, 11) is 0. The lowest BCUT2D eigenvalue weighted by molar-refractivity contribution is -0.137. The molecule has 5 nitrogen and oxygen atoms in total. The summed E-state index contributed by atoms with van der Waals surface area (Å²) in [6.45, 7) is -0.526. The fraction of sp³-hybridized carbons (Fsp3) is 0.207. The van der Waals surface area contributed by atoms with E-state index in [1.54, 1.807) is 42.5 Å². The number of carbonyl (C=O) groups excluding carboxylic acids is 2. The highest BCUT2D eigenvalue weighted by molar-refractivity contribution is 6.33. The van der Waals surface area contributed by atoms with Crippen LogP contribution >= 0.6 is 11.6 Å². The van der Waals surface area contributed by atoms with Crippen LogP contribution in [0.5, 0.6) is 0 Å². The number of rotatable bonds is 5. The Balaban J connectivity index is 1.44. The van der Waals surface area contributed by atoms with Crippen LogP contribution in [0, 0.1) is 17.6 Å². The Morgan fingerprint density at radius 2 is 1.68 bits per heavy atom. The van der Waals surface area contributed by atoms with E-state index in [9.17, 15) is 18.4 Å². The Kier molecular flexibility index (Phi) is 7.15. The lowest BCUT2D eigenvalue weighted by Gasteiger charge is -2.29. The Labute approximate surface area is 218 Å². The third kappa shape index (κ3) is 5.32.